The maximum Gasteiger partial charge on any atom is 0.00682 e. The van der Waals surface area contributed by atoms with Gasteiger partial charge in [0.1, 0.15) is 0 Å². The van der Waals surface area contributed by atoms with Crippen LogP contribution in [0.2, 0.25) is 0 Å². The predicted octanol–water partition coefficient (Wildman–Crippen LogP) is 4.13. The molecular weight excluding hydrogens is 194 g/mol. The average molecular weight is 223 g/mol. The van der Waals surface area contributed by atoms with Crippen LogP contribution in [0.1, 0.15) is 71.6 Å². The summed E-state index contributed by atoms with van der Waals surface area (Å²) >= 11 is 0. The zero-order valence-electron chi connectivity index (χ0n) is 11.2. The third-order valence-electron chi connectivity index (χ3n) is 4.38. The lowest BCUT2D eigenvalue weighted by Gasteiger charge is -2.32. The summed E-state index contributed by atoms with van der Waals surface area (Å²) in [5, 5.41) is 3.65. The van der Waals surface area contributed by atoms with Gasteiger partial charge in [0.2, 0.25) is 0 Å². The molecule has 0 amide bonds. The SMILES string of the molecule is CC(C)(CCNC1CC1)CC1CCCCC1. The molecule has 16 heavy (non-hydrogen) atoms. The van der Waals surface area contributed by atoms with Gasteiger partial charge in [0.15, 0.2) is 0 Å². The van der Waals surface area contributed by atoms with Crippen molar-refractivity contribution in [1.82, 2.24) is 5.32 Å². The van der Waals surface area contributed by atoms with Crippen molar-refractivity contribution < 1.29 is 0 Å². The summed E-state index contributed by atoms with van der Waals surface area (Å²) in [6.45, 7) is 6.18. The van der Waals surface area contributed by atoms with Gasteiger partial charge in [0.05, 0.1) is 0 Å². The van der Waals surface area contributed by atoms with E-state index < -0.39 is 0 Å². The molecule has 0 aromatic rings. The molecule has 0 radical (unpaired) electrons. The Balaban J connectivity index is 1.63. The molecule has 0 unspecified atom stereocenters. The van der Waals surface area contributed by atoms with Gasteiger partial charge in [-0.3, -0.25) is 0 Å². The third kappa shape index (κ3) is 4.45. The van der Waals surface area contributed by atoms with Crippen LogP contribution in [0, 0.1) is 11.3 Å². The minimum Gasteiger partial charge on any atom is -0.314 e. The zero-order valence-corrected chi connectivity index (χ0v) is 11.2. The quantitative estimate of drug-likeness (QED) is 0.714. The highest BCUT2D eigenvalue weighted by molar-refractivity contribution is 4.82. The van der Waals surface area contributed by atoms with Crippen molar-refractivity contribution in [1.29, 1.82) is 0 Å². The number of hydrogen-bond donors (Lipinski definition) is 1. The maximum atomic E-state index is 3.65. The molecule has 0 saturated heterocycles. The topological polar surface area (TPSA) is 12.0 Å². The number of hydrogen-bond acceptors (Lipinski definition) is 1. The molecule has 0 bridgehead atoms. The first-order chi connectivity index (χ1) is 7.66. The van der Waals surface area contributed by atoms with Crippen LogP contribution in [0.5, 0.6) is 0 Å². The monoisotopic (exact) mass is 223 g/mol. The fourth-order valence-corrected chi connectivity index (χ4v) is 3.18. The smallest absolute Gasteiger partial charge is 0.00682 e. The molecule has 0 atom stereocenters. The molecule has 2 saturated carbocycles. The summed E-state index contributed by atoms with van der Waals surface area (Å²) in [6.07, 6.45) is 13.1. The van der Waals surface area contributed by atoms with Gasteiger partial charge < -0.3 is 5.32 Å². The van der Waals surface area contributed by atoms with Gasteiger partial charge >= 0.3 is 0 Å². The first-order valence-corrected chi connectivity index (χ1v) is 7.39. The van der Waals surface area contributed by atoms with Crippen molar-refractivity contribution in [2.75, 3.05) is 6.54 Å². The standard InChI is InChI=1S/C15H29N/c1-15(2,10-11-16-14-8-9-14)12-13-6-4-3-5-7-13/h13-14,16H,3-12H2,1-2H3. The largest absolute Gasteiger partial charge is 0.314 e. The van der Waals surface area contributed by atoms with E-state index in [0.717, 1.165) is 12.0 Å². The van der Waals surface area contributed by atoms with Crippen LogP contribution in [0.25, 0.3) is 0 Å². The minimum atomic E-state index is 0.559. The molecule has 2 fully saturated rings. The van der Waals surface area contributed by atoms with Crippen molar-refractivity contribution in [2.24, 2.45) is 11.3 Å². The van der Waals surface area contributed by atoms with E-state index in [1.807, 2.05) is 0 Å². The van der Waals surface area contributed by atoms with E-state index in [1.54, 1.807) is 0 Å². The van der Waals surface area contributed by atoms with Crippen molar-refractivity contribution in [3.63, 3.8) is 0 Å². The van der Waals surface area contributed by atoms with E-state index >= 15 is 0 Å². The Morgan fingerprint density at radius 1 is 1.00 bits per heavy atom. The van der Waals surface area contributed by atoms with Crippen LogP contribution >= 0.6 is 0 Å². The number of nitrogens with one attached hydrogen (secondary N) is 1. The highest BCUT2D eigenvalue weighted by atomic mass is 14.9. The van der Waals surface area contributed by atoms with Gasteiger partial charge in [-0.25, -0.2) is 0 Å². The van der Waals surface area contributed by atoms with Crippen LogP contribution in [-0.4, -0.2) is 12.6 Å². The Hall–Kier alpha value is -0.0400. The molecule has 1 N–H and O–H groups in total. The maximum absolute atomic E-state index is 3.65. The first kappa shape index (κ1) is 12.4. The molecule has 0 spiro atoms. The fourth-order valence-electron chi connectivity index (χ4n) is 3.18. The van der Waals surface area contributed by atoms with Gasteiger partial charge in [-0.1, -0.05) is 46.0 Å². The summed E-state index contributed by atoms with van der Waals surface area (Å²) in [7, 11) is 0. The van der Waals surface area contributed by atoms with Gasteiger partial charge in [0, 0.05) is 6.04 Å². The average Bonchev–Trinajstić information content (AvgIpc) is 3.02. The van der Waals surface area contributed by atoms with Crippen LogP contribution in [0.4, 0.5) is 0 Å². The molecule has 1 heteroatoms. The molecule has 0 aromatic carbocycles. The van der Waals surface area contributed by atoms with Crippen molar-refractivity contribution in [2.45, 2.75) is 77.7 Å². The van der Waals surface area contributed by atoms with E-state index in [2.05, 4.69) is 19.2 Å². The second kappa shape index (κ2) is 5.53. The molecule has 0 aliphatic heterocycles. The van der Waals surface area contributed by atoms with Crippen LogP contribution in [0.15, 0.2) is 0 Å². The summed E-state index contributed by atoms with van der Waals surface area (Å²) in [6, 6.07) is 0.880. The molecule has 94 valence electrons. The van der Waals surface area contributed by atoms with E-state index in [9.17, 15) is 0 Å². The molecule has 2 rings (SSSR count). The normalized spacial score (nSPS) is 23.6. The van der Waals surface area contributed by atoms with Gasteiger partial charge in [-0.05, 0) is 43.6 Å². The van der Waals surface area contributed by atoms with Crippen LogP contribution in [0.3, 0.4) is 0 Å². The Kier molecular flexibility index (Phi) is 4.29. The lowest BCUT2D eigenvalue weighted by atomic mass is 9.75. The zero-order chi connectivity index (χ0) is 11.4. The van der Waals surface area contributed by atoms with Crippen molar-refractivity contribution in [3.8, 4) is 0 Å². The molecule has 2 aliphatic carbocycles. The minimum absolute atomic E-state index is 0.559. The first-order valence-electron chi connectivity index (χ1n) is 7.39. The van der Waals surface area contributed by atoms with E-state index in [-0.39, 0.29) is 0 Å². The van der Waals surface area contributed by atoms with Crippen LogP contribution < -0.4 is 5.32 Å². The van der Waals surface area contributed by atoms with E-state index in [4.69, 9.17) is 0 Å². The Morgan fingerprint density at radius 2 is 1.69 bits per heavy atom. The molecule has 0 aromatic heterocycles. The van der Waals surface area contributed by atoms with Crippen LogP contribution in [-0.2, 0) is 0 Å². The predicted molar refractivity (Wildman–Crippen MR) is 70.6 cm³/mol. The van der Waals surface area contributed by atoms with E-state index in [0.29, 0.717) is 5.41 Å². The lowest BCUT2D eigenvalue weighted by Crippen LogP contribution is -2.26. The lowest BCUT2D eigenvalue weighted by molar-refractivity contribution is 0.207. The second-order valence-corrected chi connectivity index (χ2v) is 6.85. The second-order valence-electron chi connectivity index (χ2n) is 6.85. The third-order valence-corrected chi connectivity index (χ3v) is 4.38. The van der Waals surface area contributed by atoms with E-state index in [1.165, 1.54) is 64.3 Å². The van der Waals surface area contributed by atoms with Crippen molar-refractivity contribution in [3.05, 3.63) is 0 Å². The van der Waals surface area contributed by atoms with Crippen molar-refractivity contribution >= 4 is 0 Å². The summed E-state index contributed by atoms with van der Waals surface area (Å²) in [5.41, 5.74) is 0.559. The van der Waals surface area contributed by atoms with Gasteiger partial charge in [-0.2, -0.15) is 0 Å². The highest BCUT2D eigenvalue weighted by Crippen LogP contribution is 2.36. The molecule has 2 aliphatic rings. The van der Waals surface area contributed by atoms with Gasteiger partial charge in [-0.15, -0.1) is 0 Å². The van der Waals surface area contributed by atoms with Gasteiger partial charge in [0.25, 0.3) is 0 Å². The Labute approximate surface area is 101 Å². The molecular formula is C15H29N. The molecule has 0 heterocycles. The fraction of sp³-hybridized carbons (Fsp3) is 1.00. The summed E-state index contributed by atoms with van der Waals surface area (Å²) in [4.78, 5) is 0. The Bertz CT molecular complexity index is 199. The highest BCUT2D eigenvalue weighted by Gasteiger charge is 2.26. The molecule has 1 nitrogen and oxygen atoms in total. The number of rotatable bonds is 6. The summed E-state index contributed by atoms with van der Waals surface area (Å²) < 4.78 is 0. The summed E-state index contributed by atoms with van der Waals surface area (Å²) in [5.74, 6) is 1.03. The Morgan fingerprint density at radius 3 is 2.31 bits per heavy atom.